The Bertz CT molecular complexity index is 667. The number of morpholine rings is 1. The Balaban J connectivity index is 1.84. The summed E-state index contributed by atoms with van der Waals surface area (Å²) in [5.74, 6) is 0. The molecule has 0 spiro atoms. The van der Waals surface area contributed by atoms with Gasteiger partial charge in [-0.1, -0.05) is 29.8 Å². The van der Waals surface area contributed by atoms with E-state index in [0.29, 0.717) is 13.1 Å². The lowest BCUT2D eigenvalue weighted by Crippen LogP contribution is -2.52. The van der Waals surface area contributed by atoms with Gasteiger partial charge >= 0.3 is 0 Å². The van der Waals surface area contributed by atoms with Gasteiger partial charge in [-0.3, -0.25) is 10.9 Å². The second-order valence-corrected chi connectivity index (χ2v) is 9.13. The normalized spacial score (nSPS) is 35.2. The van der Waals surface area contributed by atoms with Crippen LogP contribution in [-0.2, 0) is 14.8 Å². The first-order chi connectivity index (χ1) is 11.3. The van der Waals surface area contributed by atoms with Gasteiger partial charge in [-0.15, -0.1) is 0 Å². The van der Waals surface area contributed by atoms with Gasteiger partial charge < -0.3 is 4.74 Å². The first-order valence-corrected chi connectivity index (χ1v) is 10.0. The molecule has 0 bridgehead atoms. The van der Waals surface area contributed by atoms with E-state index in [-0.39, 0.29) is 24.3 Å². The van der Waals surface area contributed by atoms with Gasteiger partial charge in [0.25, 0.3) is 0 Å². The van der Waals surface area contributed by atoms with Crippen LogP contribution >= 0.6 is 0 Å². The second kappa shape index (κ2) is 6.72. The number of benzene rings is 1. The first kappa shape index (κ1) is 17.8. The molecule has 2 aliphatic heterocycles. The molecule has 134 valence electrons. The van der Waals surface area contributed by atoms with Crippen LogP contribution in [0.3, 0.4) is 0 Å². The maximum Gasteiger partial charge on any atom is 0.220 e. The van der Waals surface area contributed by atoms with Crippen molar-refractivity contribution in [2.24, 2.45) is 0 Å². The van der Waals surface area contributed by atoms with Crippen LogP contribution in [0.15, 0.2) is 24.3 Å². The van der Waals surface area contributed by atoms with Crippen molar-refractivity contribution in [1.29, 1.82) is 0 Å². The number of hydrazine groups is 1. The van der Waals surface area contributed by atoms with E-state index in [4.69, 9.17) is 4.74 Å². The van der Waals surface area contributed by atoms with Crippen LogP contribution in [0.1, 0.15) is 38.0 Å². The summed E-state index contributed by atoms with van der Waals surface area (Å²) in [6.07, 6.45) is -0.357. The van der Waals surface area contributed by atoms with Crippen LogP contribution < -0.4 is 10.9 Å². The summed E-state index contributed by atoms with van der Waals surface area (Å²) in [4.78, 5) is 0. The molecule has 4 atom stereocenters. The standard InChI is InChI=1S/C17H27N3O3S/c1-11-5-7-15(8-6-11)16-10-20(9-12(2)23-16)24(21,22)17-13(3)18-19-14(17)4/h5-8,12-14,16-19H,9-10H2,1-4H3. The average molecular weight is 353 g/mol. The van der Waals surface area contributed by atoms with Gasteiger partial charge in [-0.25, -0.2) is 8.42 Å². The summed E-state index contributed by atoms with van der Waals surface area (Å²) < 4.78 is 34.0. The Labute approximate surface area is 144 Å². The minimum Gasteiger partial charge on any atom is -0.368 e. The molecular formula is C17H27N3O3S. The van der Waals surface area contributed by atoms with Gasteiger partial charge in [-0.2, -0.15) is 4.31 Å². The molecule has 4 unspecified atom stereocenters. The van der Waals surface area contributed by atoms with Crippen LogP contribution in [0.4, 0.5) is 0 Å². The third-order valence-corrected chi connectivity index (χ3v) is 7.43. The number of nitrogens with zero attached hydrogens (tertiary/aromatic N) is 1. The molecule has 0 aromatic heterocycles. The van der Waals surface area contributed by atoms with E-state index in [1.165, 1.54) is 5.56 Å². The van der Waals surface area contributed by atoms with Crippen molar-refractivity contribution in [1.82, 2.24) is 15.2 Å². The monoisotopic (exact) mass is 353 g/mol. The van der Waals surface area contributed by atoms with Crippen molar-refractivity contribution in [2.45, 2.75) is 57.2 Å². The number of hydrogen-bond donors (Lipinski definition) is 2. The van der Waals surface area contributed by atoms with Crippen molar-refractivity contribution in [3.05, 3.63) is 35.4 Å². The maximum atomic E-state index is 13.2. The van der Waals surface area contributed by atoms with E-state index in [9.17, 15) is 8.42 Å². The molecule has 0 radical (unpaired) electrons. The Morgan fingerprint density at radius 3 is 2.21 bits per heavy atom. The fourth-order valence-electron chi connectivity index (χ4n) is 3.63. The Morgan fingerprint density at radius 2 is 1.62 bits per heavy atom. The van der Waals surface area contributed by atoms with Gasteiger partial charge in [0, 0.05) is 25.2 Å². The molecule has 0 aliphatic carbocycles. The highest BCUT2D eigenvalue weighted by atomic mass is 32.2. The van der Waals surface area contributed by atoms with E-state index in [1.54, 1.807) is 4.31 Å². The molecule has 2 aliphatic rings. The summed E-state index contributed by atoms with van der Waals surface area (Å²) in [5, 5.41) is -0.471. The third-order valence-electron chi connectivity index (χ3n) is 4.90. The van der Waals surface area contributed by atoms with Crippen molar-refractivity contribution < 1.29 is 13.2 Å². The quantitative estimate of drug-likeness (QED) is 0.858. The van der Waals surface area contributed by atoms with Crippen LogP contribution in [0.25, 0.3) is 0 Å². The van der Waals surface area contributed by atoms with E-state index < -0.39 is 15.3 Å². The van der Waals surface area contributed by atoms with Crippen molar-refractivity contribution in [3.8, 4) is 0 Å². The van der Waals surface area contributed by atoms with Crippen molar-refractivity contribution in [3.63, 3.8) is 0 Å². The Hall–Kier alpha value is -0.990. The molecule has 6 nitrogen and oxygen atoms in total. The lowest BCUT2D eigenvalue weighted by atomic mass is 10.1. The topological polar surface area (TPSA) is 70.7 Å². The number of hydrogen-bond acceptors (Lipinski definition) is 5. The molecule has 2 N–H and O–H groups in total. The fraction of sp³-hybridized carbons (Fsp3) is 0.647. The summed E-state index contributed by atoms with van der Waals surface area (Å²) in [6, 6.07) is 7.86. The molecule has 24 heavy (non-hydrogen) atoms. The predicted octanol–water partition coefficient (Wildman–Crippen LogP) is 1.34. The van der Waals surface area contributed by atoms with Gasteiger partial charge in [-0.05, 0) is 33.3 Å². The highest BCUT2D eigenvalue weighted by Crippen LogP contribution is 2.30. The van der Waals surface area contributed by atoms with Crippen LogP contribution in [0.2, 0.25) is 0 Å². The fourth-order valence-corrected chi connectivity index (χ4v) is 5.91. The lowest BCUT2D eigenvalue weighted by molar-refractivity contribution is -0.0559. The minimum absolute atomic E-state index is 0.124. The maximum absolute atomic E-state index is 13.2. The van der Waals surface area contributed by atoms with Crippen LogP contribution in [0, 0.1) is 6.92 Å². The summed E-state index contributed by atoms with van der Waals surface area (Å²) in [5.41, 5.74) is 8.28. The summed E-state index contributed by atoms with van der Waals surface area (Å²) in [6.45, 7) is 8.54. The lowest BCUT2D eigenvalue weighted by Gasteiger charge is -2.38. The van der Waals surface area contributed by atoms with Crippen LogP contribution in [-0.4, -0.2) is 49.3 Å². The molecule has 1 aromatic carbocycles. The number of ether oxygens (including phenoxy) is 1. The highest BCUT2D eigenvalue weighted by Gasteiger charge is 2.45. The molecule has 3 rings (SSSR count). The number of nitrogens with one attached hydrogen (secondary N) is 2. The first-order valence-electron chi connectivity index (χ1n) is 8.51. The molecule has 0 saturated carbocycles. The summed E-state index contributed by atoms with van der Waals surface area (Å²) in [7, 11) is -3.41. The minimum atomic E-state index is -3.41. The van der Waals surface area contributed by atoms with E-state index >= 15 is 0 Å². The number of aryl methyl sites for hydroxylation is 1. The largest absolute Gasteiger partial charge is 0.368 e. The van der Waals surface area contributed by atoms with E-state index in [0.717, 1.165) is 5.56 Å². The average Bonchev–Trinajstić information content (AvgIpc) is 2.87. The zero-order valence-corrected chi connectivity index (χ0v) is 15.5. The Morgan fingerprint density at radius 1 is 1.04 bits per heavy atom. The molecule has 2 fully saturated rings. The second-order valence-electron chi connectivity index (χ2n) is 7.04. The predicted molar refractivity (Wildman–Crippen MR) is 93.9 cm³/mol. The zero-order valence-electron chi connectivity index (χ0n) is 14.7. The van der Waals surface area contributed by atoms with E-state index in [2.05, 4.69) is 10.9 Å². The van der Waals surface area contributed by atoms with Crippen molar-refractivity contribution >= 4 is 10.0 Å². The SMILES string of the molecule is Cc1ccc(C2CN(S(=O)(=O)C3C(C)NNC3C)CC(C)O2)cc1. The smallest absolute Gasteiger partial charge is 0.220 e. The summed E-state index contributed by atoms with van der Waals surface area (Å²) >= 11 is 0. The van der Waals surface area contributed by atoms with Gasteiger partial charge in [0.05, 0.1) is 12.2 Å². The van der Waals surface area contributed by atoms with Gasteiger partial charge in [0.2, 0.25) is 10.0 Å². The number of rotatable bonds is 3. The molecule has 0 amide bonds. The molecule has 7 heteroatoms. The number of sulfonamides is 1. The molecule has 1 aromatic rings. The third kappa shape index (κ3) is 3.36. The zero-order chi connectivity index (χ0) is 17.5. The highest BCUT2D eigenvalue weighted by molar-refractivity contribution is 7.89. The Kier molecular flexibility index (Phi) is 4.99. The van der Waals surface area contributed by atoms with Crippen LogP contribution in [0.5, 0.6) is 0 Å². The van der Waals surface area contributed by atoms with Gasteiger partial charge in [0.15, 0.2) is 0 Å². The van der Waals surface area contributed by atoms with Crippen molar-refractivity contribution in [2.75, 3.05) is 13.1 Å². The van der Waals surface area contributed by atoms with E-state index in [1.807, 2.05) is 52.0 Å². The molecule has 2 heterocycles. The molecular weight excluding hydrogens is 326 g/mol. The van der Waals surface area contributed by atoms with Gasteiger partial charge in [0.1, 0.15) is 5.25 Å². The molecule has 2 saturated heterocycles.